The van der Waals surface area contributed by atoms with Crippen LogP contribution in [-0.4, -0.2) is 22.3 Å². The van der Waals surface area contributed by atoms with Crippen molar-refractivity contribution >= 4 is 11.5 Å². The van der Waals surface area contributed by atoms with Crippen molar-refractivity contribution in [2.45, 2.75) is 58.1 Å². The Morgan fingerprint density at radius 3 is 2.59 bits per heavy atom. The molecule has 98 valence electrons. The Morgan fingerprint density at radius 2 is 2.06 bits per heavy atom. The zero-order valence-corrected chi connectivity index (χ0v) is 12.2. The lowest BCUT2D eigenvalue weighted by Gasteiger charge is -2.24. The maximum Gasteiger partial charge on any atom is 0.0828 e. The molecule has 0 aliphatic carbocycles. The van der Waals surface area contributed by atoms with Gasteiger partial charge in [0.1, 0.15) is 0 Å². The van der Waals surface area contributed by atoms with E-state index in [4.69, 9.17) is 10.5 Å². The first-order chi connectivity index (χ1) is 7.87. The molecule has 0 saturated heterocycles. The molecule has 0 fully saturated rings. The van der Waals surface area contributed by atoms with Crippen LogP contribution in [0.5, 0.6) is 0 Å². The maximum atomic E-state index is 6.21. The van der Waals surface area contributed by atoms with E-state index in [2.05, 4.69) is 37.3 Å². The molecule has 1 rings (SSSR count). The van der Waals surface area contributed by atoms with Crippen LogP contribution in [0.1, 0.15) is 63.1 Å². The number of hydrogen-bond donors (Lipinski definition) is 1. The van der Waals surface area contributed by atoms with Crippen molar-refractivity contribution in [3.05, 3.63) is 10.6 Å². The quantitative estimate of drug-likeness (QED) is 0.851. The smallest absolute Gasteiger partial charge is 0.0828 e. The van der Waals surface area contributed by atoms with Gasteiger partial charge in [-0.15, -0.1) is 5.10 Å². The Hall–Kier alpha value is -0.520. The number of nitrogens with zero attached hydrogens (tertiary/aromatic N) is 2. The van der Waals surface area contributed by atoms with Crippen LogP contribution in [0.3, 0.4) is 0 Å². The Bertz CT molecular complexity index is 349. The van der Waals surface area contributed by atoms with E-state index in [-0.39, 0.29) is 11.6 Å². The monoisotopic (exact) mass is 257 g/mol. The van der Waals surface area contributed by atoms with Gasteiger partial charge in [0, 0.05) is 13.2 Å². The van der Waals surface area contributed by atoms with Crippen molar-refractivity contribution in [2.75, 3.05) is 7.11 Å². The van der Waals surface area contributed by atoms with E-state index in [9.17, 15) is 0 Å². The Balaban J connectivity index is 2.64. The van der Waals surface area contributed by atoms with Gasteiger partial charge in [-0.2, -0.15) is 0 Å². The lowest BCUT2D eigenvalue weighted by Crippen LogP contribution is -2.24. The van der Waals surface area contributed by atoms with E-state index in [0.29, 0.717) is 5.92 Å². The van der Waals surface area contributed by atoms with Gasteiger partial charge in [0.15, 0.2) is 0 Å². The summed E-state index contributed by atoms with van der Waals surface area (Å²) in [7, 11) is 1.74. The van der Waals surface area contributed by atoms with E-state index in [1.807, 2.05) is 0 Å². The second kappa shape index (κ2) is 5.89. The maximum absolute atomic E-state index is 6.21. The van der Waals surface area contributed by atoms with Crippen LogP contribution in [0.25, 0.3) is 0 Å². The largest absolute Gasteiger partial charge is 0.379 e. The van der Waals surface area contributed by atoms with Crippen LogP contribution in [0.2, 0.25) is 0 Å². The fourth-order valence-corrected chi connectivity index (χ4v) is 2.44. The highest BCUT2D eigenvalue weighted by atomic mass is 32.1. The molecule has 0 aromatic carbocycles. The summed E-state index contributed by atoms with van der Waals surface area (Å²) in [6.07, 6.45) is 1.82. The first-order valence-electron chi connectivity index (χ1n) is 6.00. The molecule has 1 unspecified atom stereocenters. The van der Waals surface area contributed by atoms with E-state index >= 15 is 0 Å². The third kappa shape index (κ3) is 4.01. The SMILES string of the molecule is COC(C)(C)CCC(N)c1snnc1C(C)C. The third-order valence-electron chi connectivity index (χ3n) is 3.03. The van der Waals surface area contributed by atoms with Gasteiger partial charge in [-0.1, -0.05) is 18.3 Å². The highest BCUT2D eigenvalue weighted by Crippen LogP contribution is 2.29. The average molecular weight is 257 g/mol. The standard InChI is InChI=1S/C12H23N3OS/c1-8(2)10-11(17-15-14-10)9(13)6-7-12(3,4)16-5/h8-9H,6-7,13H2,1-5H3. The second-order valence-electron chi connectivity index (χ2n) is 5.29. The average Bonchev–Trinajstić information content (AvgIpc) is 2.75. The van der Waals surface area contributed by atoms with Gasteiger partial charge in [0.05, 0.1) is 16.2 Å². The summed E-state index contributed by atoms with van der Waals surface area (Å²) in [5.74, 6) is 0.380. The molecule has 1 atom stereocenters. The Labute approximate surface area is 108 Å². The molecule has 17 heavy (non-hydrogen) atoms. The molecular formula is C12H23N3OS. The summed E-state index contributed by atoms with van der Waals surface area (Å²) in [5, 5.41) is 4.16. The van der Waals surface area contributed by atoms with E-state index in [1.165, 1.54) is 11.5 Å². The molecule has 0 saturated carbocycles. The van der Waals surface area contributed by atoms with Crippen molar-refractivity contribution in [3.8, 4) is 0 Å². The number of ether oxygens (including phenoxy) is 1. The first kappa shape index (κ1) is 14.5. The summed E-state index contributed by atoms with van der Waals surface area (Å²) < 4.78 is 9.41. The molecular weight excluding hydrogens is 234 g/mol. The number of nitrogens with two attached hydrogens (primary N) is 1. The molecule has 0 aliphatic rings. The minimum atomic E-state index is -0.117. The Kier molecular flexibility index (Phi) is 5.04. The van der Waals surface area contributed by atoms with Crippen LogP contribution >= 0.6 is 11.5 Å². The van der Waals surface area contributed by atoms with E-state index in [1.54, 1.807) is 7.11 Å². The van der Waals surface area contributed by atoms with Gasteiger partial charge < -0.3 is 10.5 Å². The fraction of sp³-hybridized carbons (Fsp3) is 0.833. The number of aromatic nitrogens is 2. The van der Waals surface area contributed by atoms with Gasteiger partial charge in [-0.05, 0) is 44.1 Å². The van der Waals surface area contributed by atoms with E-state index < -0.39 is 0 Å². The van der Waals surface area contributed by atoms with Gasteiger partial charge in [0.25, 0.3) is 0 Å². The molecule has 0 bridgehead atoms. The summed E-state index contributed by atoms with van der Waals surface area (Å²) >= 11 is 1.42. The minimum absolute atomic E-state index is 0.0156. The van der Waals surface area contributed by atoms with Crippen molar-refractivity contribution in [1.29, 1.82) is 0 Å². The predicted molar refractivity (Wildman–Crippen MR) is 71.2 cm³/mol. The van der Waals surface area contributed by atoms with Crippen LogP contribution in [0.15, 0.2) is 0 Å². The second-order valence-corrected chi connectivity index (χ2v) is 6.07. The lowest BCUT2D eigenvalue weighted by molar-refractivity contribution is 0.0125. The van der Waals surface area contributed by atoms with Gasteiger partial charge in [0.2, 0.25) is 0 Å². The normalized spacial score (nSPS) is 14.3. The van der Waals surface area contributed by atoms with Crippen molar-refractivity contribution in [1.82, 2.24) is 9.59 Å². The van der Waals surface area contributed by atoms with Gasteiger partial charge in [-0.25, -0.2) is 0 Å². The van der Waals surface area contributed by atoms with Crippen LogP contribution in [0.4, 0.5) is 0 Å². The van der Waals surface area contributed by atoms with Crippen molar-refractivity contribution in [2.24, 2.45) is 5.73 Å². The first-order valence-corrected chi connectivity index (χ1v) is 6.77. The highest BCUT2D eigenvalue weighted by Gasteiger charge is 2.22. The van der Waals surface area contributed by atoms with Gasteiger partial charge in [-0.3, -0.25) is 0 Å². The summed E-state index contributed by atoms with van der Waals surface area (Å²) in [4.78, 5) is 1.12. The van der Waals surface area contributed by atoms with Crippen LogP contribution in [-0.2, 0) is 4.74 Å². The zero-order valence-electron chi connectivity index (χ0n) is 11.4. The molecule has 0 aliphatic heterocycles. The molecule has 5 heteroatoms. The molecule has 0 amide bonds. The van der Waals surface area contributed by atoms with Crippen molar-refractivity contribution < 1.29 is 4.74 Å². The molecule has 1 aromatic rings. The molecule has 0 spiro atoms. The van der Waals surface area contributed by atoms with E-state index in [0.717, 1.165) is 23.4 Å². The summed E-state index contributed by atoms with van der Waals surface area (Å²) in [6.45, 7) is 8.39. The topological polar surface area (TPSA) is 61.0 Å². The zero-order chi connectivity index (χ0) is 13.1. The number of hydrogen-bond acceptors (Lipinski definition) is 5. The number of methoxy groups -OCH3 is 1. The van der Waals surface area contributed by atoms with Gasteiger partial charge >= 0.3 is 0 Å². The van der Waals surface area contributed by atoms with Crippen LogP contribution < -0.4 is 5.73 Å². The highest BCUT2D eigenvalue weighted by molar-refractivity contribution is 7.05. The molecule has 2 N–H and O–H groups in total. The summed E-state index contributed by atoms with van der Waals surface area (Å²) in [6, 6.07) is 0.0156. The molecule has 1 heterocycles. The minimum Gasteiger partial charge on any atom is -0.379 e. The third-order valence-corrected chi connectivity index (χ3v) is 3.91. The van der Waals surface area contributed by atoms with Crippen LogP contribution in [0, 0.1) is 0 Å². The summed E-state index contributed by atoms with van der Waals surface area (Å²) in [5.41, 5.74) is 7.14. The number of rotatable bonds is 6. The Morgan fingerprint density at radius 1 is 1.41 bits per heavy atom. The predicted octanol–water partition coefficient (Wildman–Crippen LogP) is 2.87. The van der Waals surface area contributed by atoms with Crippen molar-refractivity contribution in [3.63, 3.8) is 0 Å². The lowest BCUT2D eigenvalue weighted by atomic mass is 9.96. The molecule has 1 aromatic heterocycles. The fourth-order valence-electron chi connectivity index (χ4n) is 1.60. The molecule has 4 nitrogen and oxygen atoms in total. The molecule has 0 radical (unpaired) electrons.